The monoisotopic (exact) mass is 588 g/mol. The largest absolute Gasteiger partial charge is 0.493 e. The van der Waals surface area contributed by atoms with Gasteiger partial charge in [-0.15, -0.1) is 0 Å². The number of benzene rings is 3. The molecule has 5 aromatic rings. The zero-order valence-corrected chi connectivity index (χ0v) is 23.5. The van der Waals surface area contributed by atoms with Gasteiger partial charge in [0.25, 0.3) is 5.91 Å². The third-order valence-electron chi connectivity index (χ3n) is 6.40. The van der Waals surface area contributed by atoms with Gasteiger partial charge >= 0.3 is 0 Å². The van der Waals surface area contributed by atoms with E-state index in [1.807, 2.05) is 12.1 Å². The van der Waals surface area contributed by atoms with Gasteiger partial charge in [-0.05, 0) is 48.5 Å². The number of hydrogen-bond donors (Lipinski definition) is 1. The summed E-state index contributed by atoms with van der Waals surface area (Å²) in [6.45, 7) is -0.448. The average Bonchev–Trinajstić information content (AvgIpc) is 3.67. The molecule has 0 radical (unpaired) electrons. The van der Waals surface area contributed by atoms with Crippen molar-refractivity contribution in [1.29, 1.82) is 0 Å². The lowest BCUT2D eigenvalue weighted by molar-refractivity contribution is -0.117. The number of halogens is 2. The molecule has 0 unspecified atom stereocenters. The van der Waals surface area contributed by atoms with E-state index in [9.17, 15) is 14.0 Å². The minimum Gasteiger partial charge on any atom is -0.493 e. The predicted molar refractivity (Wildman–Crippen MR) is 156 cm³/mol. The van der Waals surface area contributed by atoms with Crippen molar-refractivity contribution in [3.8, 4) is 28.4 Å². The van der Waals surface area contributed by atoms with Crippen LogP contribution in [0.5, 0.6) is 11.5 Å². The van der Waals surface area contributed by atoms with Gasteiger partial charge in [-0.3, -0.25) is 19.5 Å². The van der Waals surface area contributed by atoms with Crippen molar-refractivity contribution in [2.45, 2.75) is 6.54 Å². The molecule has 3 aromatic carbocycles. The molecule has 0 saturated carbocycles. The van der Waals surface area contributed by atoms with Gasteiger partial charge in [0.05, 0.1) is 44.0 Å². The van der Waals surface area contributed by atoms with Crippen molar-refractivity contribution in [2.24, 2.45) is 0 Å². The number of nitrogens with zero attached hydrogens (tertiary/aromatic N) is 3. The fraction of sp³-hybridized carbons (Fsp3) is 0.129. The molecule has 5 rings (SSSR count). The summed E-state index contributed by atoms with van der Waals surface area (Å²) in [7, 11) is 3.06. The second-order valence-corrected chi connectivity index (χ2v) is 9.57. The van der Waals surface area contributed by atoms with Crippen molar-refractivity contribution in [2.75, 3.05) is 26.1 Å². The van der Waals surface area contributed by atoms with Gasteiger partial charge in [-0.1, -0.05) is 35.9 Å². The molecule has 2 amide bonds. The topological polar surface area (TPSA) is 98.8 Å². The lowest BCUT2D eigenvalue weighted by Crippen LogP contribution is -2.38. The minimum atomic E-state index is -0.691. The molecule has 0 aliphatic heterocycles. The number of methoxy groups -OCH3 is 2. The lowest BCUT2D eigenvalue weighted by Gasteiger charge is -2.21. The number of hydrogen-bond acceptors (Lipinski definition) is 6. The minimum absolute atomic E-state index is 0.0479. The summed E-state index contributed by atoms with van der Waals surface area (Å²) in [6.07, 6.45) is 3.21. The first-order chi connectivity index (χ1) is 20.4. The van der Waals surface area contributed by atoms with E-state index in [1.165, 1.54) is 43.6 Å². The summed E-state index contributed by atoms with van der Waals surface area (Å²) in [6, 6.07) is 21.3. The van der Waals surface area contributed by atoms with Crippen LogP contribution in [0.15, 0.2) is 95.7 Å². The van der Waals surface area contributed by atoms with Crippen molar-refractivity contribution < 1.29 is 27.9 Å². The van der Waals surface area contributed by atoms with Gasteiger partial charge in [0.1, 0.15) is 18.1 Å². The number of imidazole rings is 1. The first kappa shape index (κ1) is 28.4. The molecule has 2 aromatic heterocycles. The molecular weight excluding hydrogens is 563 g/mol. The molecule has 214 valence electrons. The lowest BCUT2D eigenvalue weighted by atomic mass is 10.2. The molecule has 0 bridgehead atoms. The van der Waals surface area contributed by atoms with Crippen molar-refractivity contribution in [3.63, 3.8) is 0 Å². The highest BCUT2D eigenvalue weighted by Crippen LogP contribution is 2.32. The first-order valence-electron chi connectivity index (χ1n) is 12.8. The van der Waals surface area contributed by atoms with Crippen LogP contribution in [-0.4, -0.2) is 47.0 Å². The predicted octanol–water partition coefficient (Wildman–Crippen LogP) is 6.22. The van der Waals surface area contributed by atoms with Gasteiger partial charge in [0.2, 0.25) is 11.9 Å². The fourth-order valence-corrected chi connectivity index (χ4v) is 4.46. The van der Waals surface area contributed by atoms with Gasteiger partial charge in [0.15, 0.2) is 11.5 Å². The van der Waals surface area contributed by atoms with E-state index in [4.69, 9.17) is 25.5 Å². The van der Waals surface area contributed by atoms with Crippen LogP contribution < -0.4 is 14.8 Å². The molecule has 0 atom stereocenters. The molecule has 2 heterocycles. The summed E-state index contributed by atoms with van der Waals surface area (Å²) < 4.78 is 32.4. The molecule has 0 aliphatic carbocycles. The number of carbonyl (C=O) groups is 2. The van der Waals surface area contributed by atoms with Crippen molar-refractivity contribution >= 4 is 29.4 Å². The Balaban J connectivity index is 1.47. The molecule has 11 heteroatoms. The van der Waals surface area contributed by atoms with Crippen LogP contribution in [-0.2, 0) is 11.3 Å². The number of nitrogens with one attached hydrogen (secondary N) is 1. The Bertz CT molecular complexity index is 1700. The number of rotatable bonds is 10. The van der Waals surface area contributed by atoms with Gasteiger partial charge in [-0.2, -0.15) is 0 Å². The Labute approximate surface area is 246 Å². The standard InChI is InChI=1S/C31H26ClFN4O5/c1-40-27-14-13-22(16-28(27)41-2)37-18-26(20-9-11-21(32)12-10-20)34-31(37)35-29(38)19-36(17-23-6-5-15-42-23)30(39)24-7-3-4-8-25(24)33/h3-16,18H,17,19H2,1-2H3,(H,34,35,38). The Morgan fingerprint density at radius 2 is 1.76 bits per heavy atom. The number of ether oxygens (including phenoxy) is 2. The molecule has 0 fully saturated rings. The van der Waals surface area contributed by atoms with E-state index in [0.717, 1.165) is 5.56 Å². The molecular formula is C31H26ClFN4O5. The Kier molecular flexibility index (Phi) is 8.54. The molecule has 1 N–H and O–H groups in total. The van der Waals surface area contributed by atoms with Crippen LogP contribution in [0.2, 0.25) is 5.02 Å². The number of anilines is 1. The van der Waals surface area contributed by atoms with E-state index in [0.29, 0.717) is 33.7 Å². The SMILES string of the molecule is COc1ccc(-n2cc(-c3ccc(Cl)cc3)nc2NC(=O)CN(Cc2ccco2)C(=O)c2ccccc2F)cc1OC. The third kappa shape index (κ3) is 6.29. The average molecular weight is 589 g/mol. The second kappa shape index (κ2) is 12.6. The van der Waals surface area contributed by atoms with E-state index in [2.05, 4.69) is 10.3 Å². The van der Waals surface area contributed by atoms with Crippen molar-refractivity contribution in [3.05, 3.63) is 113 Å². The molecule has 0 spiro atoms. The number of carbonyl (C=O) groups excluding carboxylic acids is 2. The molecule has 0 aliphatic rings. The summed E-state index contributed by atoms with van der Waals surface area (Å²) in [5.74, 6) is -0.271. The summed E-state index contributed by atoms with van der Waals surface area (Å²) in [4.78, 5) is 32.6. The normalized spacial score (nSPS) is 10.8. The van der Waals surface area contributed by atoms with Crippen LogP contribution in [0.4, 0.5) is 10.3 Å². The maximum atomic E-state index is 14.5. The maximum absolute atomic E-state index is 14.5. The van der Waals surface area contributed by atoms with Crippen molar-refractivity contribution in [1.82, 2.24) is 14.5 Å². The molecule has 9 nitrogen and oxygen atoms in total. The van der Waals surface area contributed by atoms with Crippen LogP contribution >= 0.6 is 11.6 Å². The van der Waals surface area contributed by atoms with E-state index >= 15 is 0 Å². The zero-order chi connectivity index (χ0) is 29.6. The van der Waals surface area contributed by atoms with Crippen LogP contribution in [0.25, 0.3) is 16.9 Å². The number of furan rings is 1. The maximum Gasteiger partial charge on any atom is 0.257 e. The van der Waals surface area contributed by atoms with Gasteiger partial charge in [-0.25, -0.2) is 9.37 Å². The summed E-state index contributed by atoms with van der Waals surface area (Å²) in [5, 5.41) is 3.38. The van der Waals surface area contributed by atoms with Crippen LogP contribution in [0, 0.1) is 5.82 Å². The van der Waals surface area contributed by atoms with Crippen LogP contribution in [0.3, 0.4) is 0 Å². The quantitative estimate of drug-likeness (QED) is 0.208. The molecule has 0 saturated heterocycles. The summed E-state index contributed by atoms with van der Waals surface area (Å²) >= 11 is 6.07. The smallest absolute Gasteiger partial charge is 0.257 e. The number of amides is 2. The van der Waals surface area contributed by atoms with Gasteiger partial charge < -0.3 is 18.8 Å². The van der Waals surface area contributed by atoms with Crippen LogP contribution in [0.1, 0.15) is 16.1 Å². The van der Waals surface area contributed by atoms with E-state index in [-0.39, 0.29) is 18.1 Å². The Hall–Kier alpha value is -5.09. The summed E-state index contributed by atoms with van der Waals surface area (Å²) in [5.41, 5.74) is 1.80. The highest BCUT2D eigenvalue weighted by Gasteiger charge is 2.24. The fourth-order valence-electron chi connectivity index (χ4n) is 4.33. The number of aromatic nitrogens is 2. The highest BCUT2D eigenvalue weighted by atomic mass is 35.5. The Morgan fingerprint density at radius 1 is 1.00 bits per heavy atom. The van der Waals surface area contributed by atoms with E-state index < -0.39 is 24.2 Å². The molecule has 42 heavy (non-hydrogen) atoms. The Morgan fingerprint density at radius 3 is 2.45 bits per heavy atom. The third-order valence-corrected chi connectivity index (χ3v) is 6.65. The highest BCUT2D eigenvalue weighted by molar-refractivity contribution is 6.30. The first-order valence-corrected chi connectivity index (χ1v) is 13.2. The van der Waals surface area contributed by atoms with Gasteiger partial charge in [0, 0.05) is 22.8 Å². The second-order valence-electron chi connectivity index (χ2n) is 9.13. The zero-order valence-electron chi connectivity index (χ0n) is 22.7. The van der Waals surface area contributed by atoms with E-state index in [1.54, 1.807) is 59.3 Å².